The highest BCUT2D eigenvalue weighted by Crippen LogP contribution is 2.41. The summed E-state index contributed by atoms with van der Waals surface area (Å²) in [7, 11) is 0. The Bertz CT molecular complexity index is 862. The normalized spacial score (nSPS) is 24.5. The molecule has 2 N–H and O–H groups in total. The van der Waals surface area contributed by atoms with Crippen molar-refractivity contribution in [1.29, 1.82) is 0 Å². The van der Waals surface area contributed by atoms with Crippen molar-refractivity contribution >= 4 is 5.71 Å². The van der Waals surface area contributed by atoms with Gasteiger partial charge in [0.25, 0.3) is 0 Å². The predicted octanol–water partition coefficient (Wildman–Crippen LogP) is 5.08. The summed E-state index contributed by atoms with van der Waals surface area (Å²) in [6, 6.07) is 31.2. The minimum Gasteiger partial charge on any atom is -0.411 e. The summed E-state index contributed by atoms with van der Waals surface area (Å²) in [6.45, 7) is 0. The molecule has 4 rings (SSSR count). The highest BCUT2D eigenvalue weighted by Gasteiger charge is 2.37. The van der Waals surface area contributed by atoms with Gasteiger partial charge in [0.15, 0.2) is 0 Å². The van der Waals surface area contributed by atoms with Gasteiger partial charge in [-0.3, -0.25) is 0 Å². The summed E-state index contributed by atoms with van der Waals surface area (Å²) in [6.07, 6.45) is 0.684. The van der Waals surface area contributed by atoms with Crippen LogP contribution in [0.25, 0.3) is 0 Å². The maximum Gasteiger partial charge on any atom is 0.0683 e. The number of benzene rings is 3. The predicted molar refractivity (Wildman–Crippen MR) is 105 cm³/mol. The molecule has 1 heterocycles. The molecule has 1 aliphatic rings. The van der Waals surface area contributed by atoms with Crippen LogP contribution in [0, 0.1) is 0 Å². The van der Waals surface area contributed by atoms with E-state index in [0.717, 1.165) is 11.3 Å². The molecule has 1 aliphatic heterocycles. The number of oxime groups is 1. The maximum atomic E-state index is 9.81. The molecular formula is C23H22N2O. The van der Waals surface area contributed by atoms with Crippen LogP contribution in [0.4, 0.5) is 0 Å². The molecule has 3 atom stereocenters. The quantitative estimate of drug-likeness (QED) is 0.515. The first-order valence-corrected chi connectivity index (χ1v) is 8.98. The van der Waals surface area contributed by atoms with Gasteiger partial charge in [-0.1, -0.05) is 96.2 Å². The van der Waals surface area contributed by atoms with E-state index in [0.29, 0.717) is 6.42 Å². The Morgan fingerprint density at radius 1 is 0.692 bits per heavy atom. The van der Waals surface area contributed by atoms with Gasteiger partial charge in [-0.25, -0.2) is 0 Å². The molecule has 26 heavy (non-hydrogen) atoms. The number of hydrogen-bond donors (Lipinski definition) is 2. The second-order valence-electron chi connectivity index (χ2n) is 6.70. The van der Waals surface area contributed by atoms with E-state index in [1.807, 2.05) is 42.5 Å². The lowest BCUT2D eigenvalue weighted by molar-refractivity contribution is 0.302. The summed E-state index contributed by atoms with van der Waals surface area (Å²) in [5, 5.41) is 17.4. The molecule has 1 saturated heterocycles. The van der Waals surface area contributed by atoms with E-state index in [-0.39, 0.29) is 18.0 Å². The molecule has 3 aromatic rings. The monoisotopic (exact) mass is 342 g/mol. The zero-order valence-corrected chi connectivity index (χ0v) is 14.5. The van der Waals surface area contributed by atoms with Crippen LogP contribution in [0.15, 0.2) is 96.2 Å². The Labute approximate surface area is 154 Å². The van der Waals surface area contributed by atoms with Gasteiger partial charge in [0.05, 0.1) is 5.71 Å². The first kappa shape index (κ1) is 16.6. The molecule has 0 amide bonds. The minimum absolute atomic E-state index is 0.00330. The molecule has 3 heteroatoms. The van der Waals surface area contributed by atoms with Crippen molar-refractivity contribution < 1.29 is 5.21 Å². The van der Waals surface area contributed by atoms with Crippen molar-refractivity contribution in [2.75, 3.05) is 0 Å². The van der Waals surface area contributed by atoms with Crippen molar-refractivity contribution in [3.05, 3.63) is 108 Å². The van der Waals surface area contributed by atoms with E-state index in [9.17, 15) is 5.21 Å². The molecule has 130 valence electrons. The highest BCUT2D eigenvalue weighted by molar-refractivity contribution is 5.93. The van der Waals surface area contributed by atoms with Crippen molar-refractivity contribution in [3.8, 4) is 0 Å². The largest absolute Gasteiger partial charge is 0.411 e. The molecule has 0 unspecified atom stereocenters. The van der Waals surface area contributed by atoms with Crippen LogP contribution in [0.5, 0.6) is 0 Å². The van der Waals surface area contributed by atoms with E-state index < -0.39 is 0 Å². The highest BCUT2D eigenvalue weighted by atomic mass is 16.4. The molecule has 1 fully saturated rings. The Hall–Kier alpha value is -2.91. The summed E-state index contributed by atoms with van der Waals surface area (Å²) in [5.41, 5.74) is 4.38. The van der Waals surface area contributed by atoms with Gasteiger partial charge in [-0.2, -0.15) is 0 Å². The third-order valence-corrected chi connectivity index (χ3v) is 5.13. The topological polar surface area (TPSA) is 44.6 Å². The molecular weight excluding hydrogens is 320 g/mol. The molecule has 0 bridgehead atoms. The number of nitrogens with one attached hydrogen (secondary N) is 1. The summed E-state index contributed by atoms with van der Waals surface area (Å²) >= 11 is 0. The van der Waals surface area contributed by atoms with Crippen LogP contribution in [0.1, 0.15) is 41.1 Å². The van der Waals surface area contributed by atoms with Crippen LogP contribution >= 0.6 is 0 Å². The number of rotatable bonds is 3. The second-order valence-corrected chi connectivity index (χ2v) is 6.70. The van der Waals surface area contributed by atoms with Crippen LogP contribution in [0.3, 0.4) is 0 Å². The van der Waals surface area contributed by atoms with Gasteiger partial charge in [-0.15, -0.1) is 0 Å². The zero-order chi connectivity index (χ0) is 17.8. The molecule has 0 radical (unpaired) electrons. The van der Waals surface area contributed by atoms with Crippen molar-refractivity contribution in [2.45, 2.75) is 24.4 Å². The smallest absolute Gasteiger partial charge is 0.0683 e. The van der Waals surface area contributed by atoms with Gasteiger partial charge in [0.2, 0.25) is 0 Å². The third-order valence-electron chi connectivity index (χ3n) is 5.13. The van der Waals surface area contributed by atoms with Gasteiger partial charge >= 0.3 is 0 Å². The fraction of sp³-hybridized carbons (Fsp3) is 0.174. The van der Waals surface area contributed by atoms with Crippen molar-refractivity contribution in [1.82, 2.24) is 5.32 Å². The summed E-state index contributed by atoms with van der Waals surface area (Å²) in [5.74, 6) is 0.00330. The zero-order valence-electron chi connectivity index (χ0n) is 14.5. The van der Waals surface area contributed by atoms with E-state index in [4.69, 9.17) is 0 Å². The lowest BCUT2D eigenvalue weighted by Crippen LogP contribution is -2.41. The third kappa shape index (κ3) is 3.26. The summed E-state index contributed by atoms with van der Waals surface area (Å²) in [4.78, 5) is 0. The Kier molecular flexibility index (Phi) is 4.80. The van der Waals surface area contributed by atoms with Crippen molar-refractivity contribution in [3.63, 3.8) is 0 Å². The van der Waals surface area contributed by atoms with Gasteiger partial charge in [0.1, 0.15) is 0 Å². The summed E-state index contributed by atoms with van der Waals surface area (Å²) < 4.78 is 0. The minimum atomic E-state index is 0.00330. The van der Waals surface area contributed by atoms with E-state index in [1.165, 1.54) is 11.1 Å². The molecule has 0 aromatic heterocycles. The fourth-order valence-corrected chi connectivity index (χ4v) is 3.90. The number of piperidine rings is 1. The van der Waals surface area contributed by atoms with Crippen LogP contribution in [-0.2, 0) is 0 Å². The second kappa shape index (κ2) is 7.54. The van der Waals surface area contributed by atoms with E-state index in [2.05, 4.69) is 59.0 Å². The van der Waals surface area contributed by atoms with Crippen molar-refractivity contribution in [2.24, 2.45) is 5.16 Å². The van der Waals surface area contributed by atoms with Gasteiger partial charge in [-0.05, 0) is 16.7 Å². The average molecular weight is 342 g/mol. The first-order chi connectivity index (χ1) is 12.9. The first-order valence-electron chi connectivity index (χ1n) is 8.98. The fourth-order valence-electron chi connectivity index (χ4n) is 3.90. The van der Waals surface area contributed by atoms with E-state index in [1.54, 1.807) is 0 Å². The van der Waals surface area contributed by atoms with Gasteiger partial charge < -0.3 is 10.5 Å². The lowest BCUT2D eigenvalue weighted by Gasteiger charge is -2.39. The molecule has 3 nitrogen and oxygen atoms in total. The molecule has 0 aliphatic carbocycles. The van der Waals surface area contributed by atoms with Crippen LogP contribution in [-0.4, -0.2) is 10.9 Å². The Morgan fingerprint density at radius 2 is 1.19 bits per heavy atom. The van der Waals surface area contributed by atoms with E-state index >= 15 is 0 Å². The molecule has 0 saturated carbocycles. The van der Waals surface area contributed by atoms with Crippen LogP contribution < -0.4 is 5.32 Å². The Balaban J connectivity index is 1.78. The molecule has 3 aromatic carbocycles. The number of nitrogens with zero attached hydrogens (tertiary/aromatic N) is 1. The van der Waals surface area contributed by atoms with Crippen LogP contribution in [0.2, 0.25) is 0 Å². The lowest BCUT2D eigenvalue weighted by atomic mass is 9.77. The Morgan fingerprint density at radius 3 is 1.73 bits per heavy atom. The maximum absolute atomic E-state index is 9.81. The average Bonchev–Trinajstić information content (AvgIpc) is 2.74. The SMILES string of the molecule is ON=C1C[C@@H](c2ccccc2)N[C@@H](c2ccccc2)[C@H]1c1ccccc1. The molecule has 0 spiro atoms. The number of hydrogen-bond acceptors (Lipinski definition) is 3. The van der Waals surface area contributed by atoms with Gasteiger partial charge in [0, 0.05) is 24.4 Å². The standard InChI is InChI=1S/C23H22N2O/c26-25-21-16-20(17-10-4-1-5-11-17)24-23(19-14-8-3-9-15-19)22(21)18-12-6-2-7-13-18/h1-15,20,22-24,26H,16H2/t20-,22-,23-/m0/s1.